The van der Waals surface area contributed by atoms with Crippen molar-refractivity contribution in [3.05, 3.63) is 81.7 Å². The summed E-state index contributed by atoms with van der Waals surface area (Å²) in [5.74, 6) is 1.26. The highest BCUT2D eigenvalue weighted by Crippen LogP contribution is 2.31. The van der Waals surface area contributed by atoms with E-state index in [-0.39, 0.29) is 29.4 Å². The molecule has 0 saturated carbocycles. The van der Waals surface area contributed by atoms with E-state index in [2.05, 4.69) is 39.3 Å². The summed E-state index contributed by atoms with van der Waals surface area (Å²) in [6, 6.07) is 13.7. The fourth-order valence-electron chi connectivity index (χ4n) is 5.19. The van der Waals surface area contributed by atoms with Crippen molar-refractivity contribution in [1.82, 2.24) is 30.1 Å². The van der Waals surface area contributed by atoms with E-state index in [0.717, 1.165) is 41.7 Å². The van der Waals surface area contributed by atoms with Crippen LogP contribution in [0, 0.1) is 11.7 Å². The topological polar surface area (TPSA) is 98.2 Å². The van der Waals surface area contributed by atoms with E-state index in [1.165, 1.54) is 12.1 Å². The Hall–Kier alpha value is -3.63. The number of rotatable bonds is 10. The number of nitrogens with one attached hydrogen (secondary N) is 1. The molecule has 2 aromatic carbocycles. The lowest BCUT2D eigenvalue weighted by atomic mass is 9.99. The molecule has 2 aromatic heterocycles. The van der Waals surface area contributed by atoms with Gasteiger partial charge in [0, 0.05) is 36.2 Å². The van der Waals surface area contributed by atoms with Gasteiger partial charge in [0.25, 0.3) is 5.56 Å². The predicted octanol–water partition coefficient (Wildman–Crippen LogP) is 4.24. The van der Waals surface area contributed by atoms with Gasteiger partial charge in [0.05, 0.1) is 25.8 Å². The lowest BCUT2D eigenvalue weighted by molar-refractivity contribution is 0.0851. The second kappa shape index (κ2) is 11.4. The van der Waals surface area contributed by atoms with Crippen LogP contribution in [0.5, 0.6) is 5.75 Å². The first-order valence-electron chi connectivity index (χ1n) is 13.0. The summed E-state index contributed by atoms with van der Waals surface area (Å²) in [6.45, 7) is 6.38. The molecule has 1 aliphatic rings. The van der Waals surface area contributed by atoms with Gasteiger partial charge in [-0.05, 0) is 71.1 Å². The molecule has 1 fully saturated rings. The number of benzene rings is 2. The van der Waals surface area contributed by atoms with E-state index in [4.69, 9.17) is 9.47 Å². The predicted molar refractivity (Wildman–Crippen MR) is 141 cm³/mol. The molecule has 38 heavy (non-hydrogen) atoms. The quantitative estimate of drug-likeness (QED) is 0.334. The largest absolute Gasteiger partial charge is 0.497 e. The minimum atomic E-state index is -0.291. The number of tetrazole rings is 1. The summed E-state index contributed by atoms with van der Waals surface area (Å²) < 4.78 is 26.7. The van der Waals surface area contributed by atoms with Crippen molar-refractivity contribution < 1.29 is 13.9 Å². The molecular formula is C28H33FN6O3. The van der Waals surface area contributed by atoms with Gasteiger partial charge in [-0.15, -0.1) is 5.10 Å². The van der Waals surface area contributed by atoms with E-state index in [1.807, 2.05) is 28.9 Å². The lowest BCUT2D eigenvalue weighted by Gasteiger charge is -2.33. The molecule has 3 heterocycles. The minimum Gasteiger partial charge on any atom is -0.497 e. The Bertz CT molecular complexity index is 1430. The molecule has 0 radical (unpaired) electrons. The Morgan fingerprint density at radius 1 is 1.18 bits per heavy atom. The standard InChI is InChI=1S/C28H33FN6O3/c1-18(2)26(27-31-32-33-35(27)17-24-5-4-12-38-24)34(15-19-6-8-22(29)9-7-19)16-21-13-20-14-23(37-3)10-11-25(20)30-28(21)36/h6-11,13-14,18,24,26H,4-5,12,15-17H2,1-3H3,(H,30,36)/t24-,26+/m0/s1. The molecule has 200 valence electrons. The fourth-order valence-corrected chi connectivity index (χ4v) is 5.19. The lowest BCUT2D eigenvalue weighted by Crippen LogP contribution is -2.36. The van der Waals surface area contributed by atoms with E-state index in [1.54, 1.807) is 19.2 Å². The number of halogens is 1. The molecule has 2 atom stereocenters. The third-order valence-corrected chi connectivity index (χ3v) is 7.05. The summed E-state index contributed by atoms with van der Waals surface area (Å²) in [5, 5.41) is 13.6. The van der Waals surface area contributed by atoms with Gasteiger partial charge in [0.2, 0.25) is 0 Å². The van der Waals surface area contributed by atoms with Crippen LogP contribution in [-0.2, 0) is 24.4 Å². The van der Waals surface area contributed by atoms with Crippen LogP contribution in [0.1, 0.15) is 49.7 Å². The number of nitrogens with zero attached hydrogens (tertiary/aromatic N) is 5. The number of aromatic nitrogens is 5. The monoisotopic (exact) mass is 520 g/mol. The van der Waals surface area contributed by atoms with Crippen molar-refractivity contribution in [3.8, 4) is 5.75 Å². The maximum Gasteiger partial charge on any atom is 0.252 e. The van der Waals surface area contributed by atoms with Gasteiger partial charge in [-0.2, -0.15) is 0 Å². The molecule has 0 bridgehead atoms. The van der Waals surface area contributed by atoms with Crippen LogP contribution in [-0.4, -0.2) is 49.9 Å². The fraction of sp³-hybridized carbons (Fsp3) is 0.429. The molecule has 10 heteroatoms. The Kier molecular flexibility index (Phi) is 7.80. The van der Waals surface area contributed by atoms with E-state index >= 15 is 0 Å². The highest BCUT2D eigenvalue weighted by molar-refractivity contribution is 5.80. The zero-order valence-corrected chi connectivity index (χ0v) is 21.9. The molecule has 1 saturated heterocycles. The Labute approximate surface area is 220 Å². The second-order valence-corrected chi connectivity index (χ2v) is 10.2. The summed E-state index contributed by atoms with van der Waals surface area (Å²) in [7, 11) is 1.62. The number of hydrogen-bond donors (Lipinski definition) is 1. The number of H-pyrrole nitrogens is 1. The molecule has 0 unspecified atom stereocenters. The van der Waals surface area contributed by atoms with Crippen LogP contribution in [0.4, 0.5) is 4.39 Å². The van der Waals surface area contributed by atoms with E-state index < -0.39 is 0 Å². The van der Waals surface area contributed by atoms with E-state index in [9.17, 15) is 9.18 Å². The Morgan fingerprint density at radius 2 is 2.00 bits per heavy atom. The first-order chi connectivity index (χ1) is 18.4. The molecule has 5 rings (SSSR count). The minimum absolute atomic E-state index is 0.0777. The van der Waals surface area contributed by atoms with Gasteiger partial charge in [0.15, 0.2) is 5.82 Å². The molecule has 9 nitrogen and oxygen atoms in total. The smallest absolute Gasteiger partial charge is 0.252 e. The number of methoxy groups -OCH3 is 1. The summed E-state index contributed by atoms with van der Waals surface area (Å²) in [6.07, 6.45) is 2.08. The molecule has 1 N–H and O–H groups in total. The van der Waals surface area contributed by atoms with Crippen LogP contribution >= 0.6 is 0 Å². The third kappa shape index (κ3) is 5.76. The van der Waals surface area contributed by atoms with Crippen molar-refractivity contribution >= 4 is 10.9 Å². The van der Waals surface area contributed by atoms with E-state index in [0.29, 0.717) is 30.9 Å². The van der Waals surface area contributed by atoms with Crippen LogP contribution in [0.25, 0.3) is 10.9 Å². The zero-order valence-electron chi connectivity index (χ0n) is 21.9. The van der Waals surface area contributed by atoms with Crippen LogP contribution in [0.2, 0.25) is 0 Å². The highest BCUT2D eigenvalue weighted by atomic mass is 19.1. The van der Waals surface area contributed by atoms with Crippen molar-refractivity contribution in [2.45, 2.75) is 58.5 Å². The molecule has 4 aromatic rings. The normalized spacial score (nSPS) is 16.5. The Balaban J connectivity index is 1.53. The highest BCUT2D eigenvalue weighted by Gasteiger charge is 2.31. The van der Waals surface area contributed by atoms with Crippen molar-refractivity contribution in [3.63, 3.8) is 0 Å². The number of pyridine rings is 1. The van der Waals surface area contributed by atoms with Gasteiger partial charge in [-0.1, -0.05) is 26.0 Å². The molecule has 0 amide bonds. The third-order valence-electron chi connectivity index (χ3n) is 7.05. The summed E-state index contributed by atoms with van der Waals surface area (Å²) in [4.78, 5) is 18.4. The van der Waals surface area contributed by atoms with Crippen LogP contribution in [0.15, 0.2) is 53.3 Å². The van der Waals surface area contributed by atoms with Crippen molar-refractivity contribution in [1.29, 1.82) is 0 Å². The molecule has 1 aliphatic heterocycles. The van der Waals surface area contributed by atoms with Gasteiger partial charge in [0.1, 0.15) is 11.6 Å². The van der Waals surface area contributed by atoms with Crippen molar-refractivity contribution in [2.75, 3.05) is 13.7 Å². The van der Waals surface area contributed by atoms with Crippen LogP contribution < -0.4 is 10.3 Å². The van der Waals surface area contributed by atoms with Crippen LogP contribution in [0.3, 0.4) is 0 Å². The molecular weight excluding hydrogens is 487 g/mol. The number of fused-ring (bicyclic) bond motifs is 1. The SMILES string of the molecule is COc1ccc2[nH]c(=O)c(CN(Cc3ccc(F)cc3)[C@@H](c3nnnn3C[C@@H]3CCCO3)C(C)C)cc2c1. The van der Waals surface area contributed by atoms with Gasteiger partial charge >= 0.3 is 0 Å². The summed E-state index contributed by atoms with van der Waals surface area (Å²) in [5.41, 5.74) is 2.12. The van der Waals surface area contributed by atoms with Gasteiger partial charge in [-0.3, -0.25) is 9.69 Å². The molecule has 0 spiro atoms. The summed E-state index contributed by atoms with van der Waals surface area (Å²) >= 11 is 0. The Morgan fingerprint density at radius 3 is 2.71 bits per heavy atom. The maximum absolute atomic E-state index is 13.7. The number of aromatic amines is 1. The first kappa shape index (κ1) is 26.0. The maximum atomic E-state index is 13.7. The van der Waals surface area contributed by atoms with Crippen molar-refractivity contribution in [2.24, 2.45) is 5.92 Å². The van der Waals surface area contributed by atoms with Gasteiger partial charge < -0.3 is 14.5 Å². The van der Waals surface area contributed by atoms with Gasteiger partial charge in [-0.25, -0.2) is 9.07 Å². The zero-order chi connectivity index (χ0) is 26.6. The second-order valence-electron chi connectivity index (χ2n) is 10.2. The average Bonchev–Trinajstić information content (AvgIpc) is 3.58. The molecule has 0 aliphatic carbocycles. The first-order valence-corrected chi connectivity index (χ1v) is 13.0. The average molecular weight is 521 g/mol. The number of ether oxygens (including phenoxy) is 2. The number of hydrogen-bond acceptors (Lipinski definition) is 7.